The van der Waals surface area contributed by atoms with Gasteiger partial charge in [-0.3, -0.25) is 0 Å². The van der Waals surface area contributed by atoms with E-state index in [1.54, 1.807) is 0 Å². The minimum absolute atomic E-state index is 0.637. The van der Waals surface area contributed by atoms with Crippen molar-refractivity contribution in [2.45, 2.75) is 18.8 Å². The molecule has 3 nitrogen and oxygen atoms in total. The molecule has 2 rings (SSSR count). The van der Waals surface area contributed by atoms with Gasteiger partial charge in [-0.25, -0.2) is 4.98 Å². The minimum atomic E-state index is 0.637. The van der Waals surface area contributed by atoms with E-state index in [1.807, 2.05) is 6.20 Å². The second-order valence-corrected chi connectivity index (χ2v) is 4.26. The molecule has 0 radical (unpaired) electrons. The summed E-state index contributed by atoms with van der Waals surface area (Å²) in [6, 6.07) is 0. The van der Waals surface area contributed by atoms with E-state index in [2.05, 4.69) is 37.8 Å². The highest BCUT2D eigenvalue weighted by molar-refractivity contribution is 9.10. The lowest BCUT2D eigenvalue weighted by atomic mass is 9.97. The third kappa shape index (κ3) is 1.79. The summed E-state index contributed by atoms with van der Waals surface area (Å²) in [6.45, 7) is 2.25. The molecule has 0 aromatic carbocycles. The third-order valence-corrected chi connectivity index (χ3v) is 3.42. The van der Waals surface area contributed by atoms with Gasteiger partial charge in [-0.15, -0.1) is 0 Å². The molecule has 1 aromatic heterocycles. The van der Waals surface area contributed by atoms with Crippen molar-refractivity contribution in [2.24, 2.45) is 7.05 Å². The third-order valence-electron chi connectivity index (χ3n) is 2.68. The molecule has 1 fully saturated rings. The lowest BCUT2D eigenvalue weighted by molar-refractivity contribution is 0.446. The number of nitrogens with zero attached hydrogens (tertiary/aromatic N) is 2. The molecule has 1 aliphatic heterocycles. The van der Waals surface area contributed by atoms with Crippen LogP contribution in [0.3, 0.4) is 0 Å². The molecule has 72 valence electrons. The molecule has 1 aliphatic rings. The predicted octanol–water partition coefficient (Wildman–Crippen LogP) is 1.65. The van der Waals surface area contributed by atoms with Crippen LogP contribution in [0.2, 0.25) is 0 Å². The Morgan fingerprint density at radius 1 is 1.69 bits per heavy atom. The Morgan fingerprint density at radius 2 is 2.54 bits per heavy atom. The summed E-state index contributed by atoms with van der Waals surface area (Å²) in [7, 11) is 2.06. The Kier molecular flexibility index (Phi) is 2.69. The van der Waals surface area contributed by atoms with Crippen LogP contribution in [0, 0.1) is 0 Å². The second kappa shape index (κ2) is 3.80. The maximum absolute atomic E-state index is 4.24. The number of aromatic nitrogens is 2. The van der Waals surface area contributed by atoms with Gasteiger partial charge in [-0.2, -0.15) is 0 Å². The smallest absolute Gasteiger partial charge is 0.177 e. The fraction of sp³-hybridized carbons (Fsp3) is 0.667. The monoisotopic (exact) mass is 243 g/mol. The van der Waals surface area contributed by atoms with E-state index in [1.165, 1.54) is 18.5 Å². The van der Waals surface area contributed by atoms with Crippen LogP contribution in [0.1, 0.15) is 24.5 Å². The number of hydrogen-bond donors (Lipinski definition) is 1. The van der Waals surface area contributed by atoms with Crippen LogP contribution in [0.5, 0.6) is 0 Å². The summed E-state index contributed by atoms with van der Waals surface area (Å²) in [4.78, 5) is 4.24. The molecule has 1 aromatic rings. The number of hydrogen-bond acceptors (Lipinski definition) is 2. The summed E-state index contributed by atoms with van der Waals surface area (Å²) in [5, 5.41) is 3.41. The van der Waals surface area contributed by atoms with Gasteiger partial charge in [0.2, 0.25) is 0 Å². The van der Waals surface area contributed by atoms with Crippen LogP contribution >= 0.6 is 15.9 Å². The van der Waals surface area contributed by atoms with Crippen molar-refractivity contribution >= 4 is 15.9 Å². The van der Waals surface area contributed by atoms with Gasteiger partial charge >= 0.3 is 0 Å². The van der Waals surface area contributed by atoms with Gasteiger partial charge < -0.3 is 9.88 Å². The number of imidazole rings is 1. The van der Waals surface area contributed by atoms with Gasteiger partial charge in [-0.1, -0.05) is 0 Å². The normalized spacial score (nSPS) is 23.4. The van der Waals surface area contributed by atoms with E-state index in [4.69, 9.17) is 0 Å². The van der Waals surface area contributed by atoms with Crippen LogP contribution in [0.15, 0.2) is 10.9 Å². The lowest BCUT2D eigenvalue weighted by Gasteiger charge is -2.22. The van der Waals surface area contributed by atoms with Gasteiger partial charge in [0.25, 0.3) is 0 Å². The molecular weight excluding hydrogens is 230 g/mol. The van der Waals surface area contributed by atoms with E-state index in [9.17, 15) is 0 Å². The zero-order chi connectivity index (χ0) is 9.26. The Labute approximate surface area is 86.7 Å². The van der Waals surface area contributed by atoms with Gasteiger partial charge in [-0.05, 0) is 35.3 Å². The van der Waals surface area contributed by atoms with Gasteiger partial charge in [0.1, 0.15) is 0 Å². The predicted molar refractivity (Wildman–Crippen MR) is 55.8 cm³/mol. The summed E-state index contributed by atoms with van der Waals surface area (Å²) in [6.07, 6.45) is 4.52. The number of piperidine rings is 1. The van der Waals surface area contributed by atoms with E-state index in [-0.39, 0.29) is 0 Å². The molecule has 2 heterocycles. The first-order valence-corrected chi connectivity index (χ1v) is 5.46. The highest BCUT2D eigenvalue weighted by Crippen LogP contribution is 2.24. The van der Waals surface area contributed by atoms with Crippen molar-refractivity contribution in [1.82, 2.24) is 14.9 Å². The van der Waals surface area contributed by atoms with Crippen LogP contribution in [0.25, 0.3) is 0 Å². The zero-order valence-corrected chi connectivity index (χ0v) is 9.34. The SMILES string of the molecule is Cn1c(C2CCCNC2)cnc1Br. The maximum atomic E-state index is 4.24. The highest BCUT2D eigenvalue weighted by atomic mass is 79.9. The van der Waals surface area contributed by atoms with E-state index in [0.717, 1.165) is 17.8 Å². The quantitative estimate of drug-likeness (QED) is 0.814. The van der Waals surface area contributed by atoms with E-state index >= 15 is 0 Å². The van der Waals surface area contributed by atoms with E-state index < -0.39 is 0 Å². The summed E-state index contributed by atoms with van der Waals surface area (Å²) in [5.74, 6) is 0.637. The van der Waals surface area contributed by atoms with Crippen molar-refractivity contribution in [2.75, 3.05) is 13.1 Å². The summed E-state index contributed by atoms with van der Waals surface area (Å²) < 4.78 is 3.05. The first kappa shape index (κ1) is 9.21. The Bertz CT molecular complexity index is 289. The topological polar surface area (TPSA) is 29.9 Å². The molecule has 1 atom stereocenters. The van der Waals surface area contributed by atoms with Crippen molar-refractivity contribution in [3.63, 3.8) is 0 Å². The first-order chi connectivity index (χ1) is 6.29. The van der Waals surface area contributed by atoms with Crippen LogP contribution < -0.4 is 5.32 Å². The standard InChI is InChI=1S/C9H14BrN3/c1-13-8(6-12-9(13)10)7-3-2-4-11-5-7/h6-7,11H,2-5H2,1H3. The Balaban J connectivity index is 2.18. The summed E-state index contributed by atoms with van der Waals surface area (Å²) in [5.41, 5.74) is 1.33. The fourth-order valence-electron chi connectivity index (χ4n) is 1.88. The van der Waals surface area contributed by atoms with Crippen molar-refractivity contribution in [3.05, 3.63) is 16.6 Å². The number of rotatable bonds is 1. The largest absolute Gasteiger partial charge is 0.325 e. The van der Waals surface area contributed by atoms with E-state index in [0.29, 0.717) is 5.92 Å². The molecule has 0 amide bonds. The van der Waals surface area contributed by atoms with Crippen LogP contribution in [-0.2, 0) is 7.05 Å². The minimum Gasteiger partial charge on any atom is -0.325 e. The van der Waals surface area contributed by atoms with Gasteiger partial charge in [0, 0.05) is 31.4 Å². The first-order valence-electron chi connectivity index (χ1n) is 4.67. The van der Waals surface area contributed by atoms with Crippen LogP contribution in [-0.4, -0.2) is 22.6 Å². The van der Waals surface area contributed by atoms with Gasteiger partial charge in [0.05, 0.1) is 0 Å². The fourth-order valence-corrected chi connectivity index (χ4v) is 2.19. The molecule has 0 spiro atoms. The second-order valence-electron chi connectivity index (χ2n) is 3.55. The Hall–Kier alpha value is -0.350. The molecule has 13 heavy (non-hydrogen) atoms. The Morgan fingerprint density at radius 3 is 3.08 bits per heavy atom. The van der Waals surface area contributed by atoms with Crippen LogP contribution in [0.4, 0.5) is 0 Å². The van der Waals surface area contributed by atoms with Crippen molar-refractivity contribution in [3.8, 4) is 0 Å². The number of halogens is 1. The van der Waals surface area contributed by atoms with Crippen molar-refractivity contribution < 1.29 is 0 Å². The average Bonchev–Trinajstić information content (AvgIpc) is 2.49. The maximum Gasteiger partial charge on any atom is 0.177 e. The molecule has 1 saturated heterocycles. The lowest BCUT2D eigenvalue weighted by Crippen LogP contribution is -2.29. The average molecular weight is 244 g/mol. The highest BCUT2D eigenvalue weighted by Gasteiger charge is 2.18. The van der Waals surface area contributed by atoms with Gasteiger partial charge in [0.15, 0.2) is 4.73 Å². The summed E-state index contributed by atoms with van der Waals surface area (Å²) >= 11 is 3.41. The molecule has 1 N–H and O–H groups in total. The molecule has 0 bridgehead atoms. The molecule has 4 heteroatoms. The molecule has 0 saturated carbocycles. The molecular formula is C9H14BrN3. The molecule has 1 unspecified atom stereocenters. The van der Waals surface area contributed by atoms with Crippen molar-refractivity contribution in [1.29, 1.82) is 0 Å². The molecule has 0 aliphatic carbocycles. The zero-order valence-electron chi connectivity index (χ0n) is 7.76. The number of nitrogens with one attached hydrogen (secondary N) is 1.